The second kappa shape index (κ2) is 7.47. The largest absolute Gasteiger partial charge is 0.497 e. The summed E-state index contributed by atoms with van der Waals surface area (Å²) in [4.78, 5) is 15.2. The smallest absolute Gasteiger partial charge is 0.261 e. The van der Waals surface area contributed by atoms with Crippen LogP contribution in [-0.4, -0.2) is 38.7 Å². The molecule has 1 aliphatic rings. The Morgan fingerprint density at radius 2 is 1.60 bits per heavy atom. The van der Waals surface area contributed by atoms with Crippen LogP contribution in [0.4, 0.5) is 0 Å². The summed E-state index contributed by atoms with van der Waals surface area (Å²) in [6, 6.07) is 13.3. The summed E-state index contributed by atoms with van der Waals surface area (Å²) in [5.74, 6) is 1.81. The quantitative estimate of drug-likeness (QED) is 0.832. The lowest BCUT2D eigenvalue weighted by molar-refractivity contribution is 0.0728. The van der Waals surface area contributed by atoms with Gasteiger partial charge in [-0.2, -0.15) is 0 Å². The molecule has 132 valence electrons. The van der Waals surface area contributed by atoms with Crippen LogP contribution in [-0.2, 0) is 0 Å². The van der Waals surface area contributed by atoms with Gasteiger partial charge in [0, 0.05) is 6.54 Å². The Labute approximate surface area is 148 Å². The van der Waals surface area contributed by atoms with Gasteiger partial charge in [-0.3, -0.25) is 4.79 Å². The topological polar surface area (TPSA) is 48.0 Å². The molecule has 0 radical (unpaired) electrons. The van der Waals surface area contributed by atoms with Gasteiger partial charge in [-0.1, -0.05) is 18.2 Å². The summed E-state index contributed by atoms with van der Waals surface area (Å²) in [5.41, 5.74) is 1.59. The maximum absolute atomic E-state index is 13.3. The molecule has 2 aromatic carbocycles. The molecule has 0 aromatic heterocycles. The van der Waals surface area contributed by atoms with Gasteiger partial charge < -0.3 is 19.1 Å². The van der Waals surface area contributed by atoms with E-state index in [1.165, 1.54) is 0 Å². The molecule has 1 saturated heterocycles. The van der Waals surface area contributed by atoms with E-state index in [2.05, 4.69) is 0 Å². The van der Waals surface area contributed by atoms with Gasteiger partial charge in [0.1, 0.15) is 22.8 Å². The van der Waals surface area contributed by atoms with Crippen molar-refractivity contribution in [2.45, 2.75) is 18.9 Å². The van der Waals surface area contributed by atoms with Crippen LogP contribution in [0, 0.1) is 0 Å². The standard InChI is InChI=1S/C20H23NO4/c1-23-15-11-9-14(10-12-15)16-6-5-13-21(16)20(22)19-17(24-2)7-4-8-18(19)25-3/h4,7-12,16H,5-6,13H2,1-3H3. The molecule has 25 heavy (non-hydrogen) atoms. The summed E-state index contributed by atoms with van der Waals surface area (Å²) in [6.45, 7) is 0.719. The van der Waals surface area contributed by atoms with Crippen LogP contribution in [0.25, 0.3) is 0 Å². The lowest BCUT2D eigenvalue weighted by Gasteiger charge is -2.26. The Balaban J connectivity index is 1.93. The zero-order chi connectivity index (χ0) is 17.8. The summed E-state index contributed by atoms with van der Waals surface area (Å²) in [7, 11) is 4.78. The number of hydrogen-bond donors (Lipinski definition) is 0. The Morgan fingerprint density at radius 3 is 2.16 bits per heavy atom. The summed E-state index contributed by atoms with van der Waals surface area (Å²) < 4.78 is 16.0. The first-order chi connectivity index (χ1) is 12.2. The van der Waals surface area contributed by atoms with E-state index in [4.69, 9.17) is 14.2 Å². The molecule has 1 heterocycles. The summed E-state index contributed by atoms with van der Waals surface area (Å²) in [6.07, 6.45) is 1.91. The first-order valence-corrected chi connectivity index (χ1v) is 8.35. The molecule has 5 heteroatoms. The number of carbonyl (C=O) groups excluding carboxylic acids is 1. The van der Waals surface area contributed by atoms with E-state index in [9.17, 15) is 4.79 Å². The van der Waals surface area contributed by atoms with Crippen LogP contribution in [0.15, 0.2) is 42.5 Å². The van der Waals surface area contributed by atoms with Gasteiger partial charge in [-0.15, -0.1) is 0 Å². The van der Waals surface area contributed by atoms with Gasteiger partial charge in [0.25, 0.3) is 5.91 Å². The van der Waals surface area contributed by atoms with Crippen LogP contribution in [0.3, 0.4) is 0 Å². The third kappa shape index (κ3) is 3.27. The predicted octanol–water partition coefficient (Wildman–Crippen LogP) is 3.69. The number of hydrogen-bond acceptors (Lipinski definition) is 4. The molecule has 0 bridgehead atoms. The van der Waals surface area contributed by atoms with Gasteiger partial charge in [0.15, 0.2) is 0 Å². The number of likely N-dealkylation sites (tertiary alicyclic amines) is 1. The minimum absolute atomic E-state index is 0.0491. The molecule has 0 spiro atoms. The third-order valence-electron chi connectivity index (χ3n) is 4.66. The first-order valence-electron chi connectivity index (χ1n) is 8.35. The molecule has 2 aromatic rings. The fourth-order valence-corrected chi connectivity index (χ4v) is 3.39. The van der Waals surface area contributed by atoms with Crippen molar-refractivity contribution in [2.75, 3.05) is 27.9 Å². The molecular formula is C20H23NO4. The second-order valence-electron chi connectivity index (χ2n) is 5.97. The average Bonchev–Trinajstić information content (AvgIpc) is 3.16. The number of carbonyl (C=O) groups is 1. The Hall–Kier alpha value is -2.69. The van der Waals surface area contributed by atoms with Crippen molar-refractivity contribution in [3.63, 3.8) is 0 Å². The summed E-state index contributed by atoms with van der Waals surface area (Å²) >= 11 is 0. The van der Waals surface area contributed by atoms with Crippen molar-refractivity contribution < 1.29 is 19.0 Å². The molecule has 1 amide bonds. The van der Waals surface area contributed by atoms with Crippen molar-refractivity contribution in [3.05, 3.63) is 53.6 Å². The van der Waals surface area contributed by atoms with Crippen LogP contribution in [0.1, 0.15) is 34.8 Å². The zero-order valence-electron chi connectivity index (χ0n) is 14.8. The number of amides is 1. The molecule has 0 N–H and O–H groups in total. The number of methoxy groups -OCH3 is 3. The minimum atomic E-state index is -0.0624. The van der Waals surface area contributed by atoms with Crippen molar-refractivity contribution in [1.29, 1.82) is 0 Å². The lowest BCUT2D eigenvalue weighted by atomic mass is 10.0. The molecule has 1 atom stereocenters. The normalized spacial score (nSPS) is 16.6. The van der Waals surface area contributed by atoms with Crippen molar-refractivity contribution >= 4 is 5.91 Å². The maximum atomic E-state index is 13.3. The van der Waals surface area contributed by atoms with Gasteiger partial charge >= 0.3 is 0 Å². The Kier molecular flexibility index (Phi) is 5.12. The molecule has 0 saturated carbocycles. The fraction of sp³-hybridized carbons (Fsp3) is 0.350. The average molecular weight is 341 g/mol. The molecule has 5 nitrogen and oxygen atoms in total. The van der Waals surface area contributed by atoms with E-state index in [1.807, 2.05) is 35.2 Å². The molecular weight excluding hydrogens is 318 g/mol. The number of nitrogens with zero attached hydrogens (tertiary/aromatic N) is 1. The van der Waals surface area contributed by atoms with E-state index in [0.717, 1.165) is 30.7 Å². The van der Waals surface area contributed by atoms with Crippen molar-refractivity contribution in [3.8, 4) is 17.2 Å². The minimum Gasteiger partial charge on any atom is -0.497 e. The first kappa shape index (κ1) is 17.1. The van der Waals surface area contributed by atoms with E-state index in [1.54, 1.807) is 33.5 Å². The predicted molar refractivity (Wildman–Crippen MR) is 95.6 cm³/mol. The third-order valence-corrected chi connectivity index (χ3v) is 4.66. The number of benzene rings is 2. The lowest BCUT2D eigenvalue weighted by Crippen LogP contribution is -2.31. The highest BCUT2D eigenvalue weighted by atomic mass is 16.5. The van der Waals surface area contributed by atoms with E-state index < -0.39 is 0 Å². The monoisotopic (exact) mass is 341 g/mol. The SMILES string of the molecule is COc1ccc(C2CCCN2C(=O)c2c(OC)cccc2OC)cc1. The molecule has 1 unspecified atom stereocenters. The van der Waals surface area contributed by atoms with Crippen molar-refractivity contribution in [2.24, 2.45) is 0 Å². The highest BCUT2D eigenvalue weighted by Crippen LogP contribution is 2.37. The zero-order valence-corrected chi connectivity index (χ0v) is 14.8. The number of rotatable bonds is 5. The highest BCUT2D eigenvalue weighted by Gasteiger charge is 2.33. The second-order valence-corrected chi connectivity index (χ2v) is 5.97. The van der Waals surface area contributed by atoms with Crippen LogP contribution >= 0.6 is 0 Å². The molecule has 1 fully saturated rings. The van der Waals surface area contributed by atoms with E-state index in [0.29, 0.717) is 17.1 Å². The van der Waals surface area contributed by atoms with Crippen LogP contribution in [0.5, 0.6) is 17.2 Å². The van der Waals surface area contributed by atoms with Crippen LogP contribution in [0.2, 0.25) is 0 Å². The van der Waals surface area contributed by atoms with Gasteiger partial charge in [-0.05, 0) is 42.7 Å². The molecule has 0 aliphatic carbocycles. The molecule has 3 rings (SSSR count). The highest BCUT2D eigenvalue weighted by molar-refractivity contribution is 6.00. The van der Waals surface area contributed by atoms with E-state index >= 15 is 0 Å². The van der Waals surface area contributed by atoms with Gasteiger partial charge in [-0.25, -0.2) is 0 Å². The Morgan fingerprint density at radius 1 is 0.960 bits per heavy atom. The fourth-order valence-electron chi connectivity index (χ4n) is 3.39. The summed E-state index contributed by atoms with van der Waals surface area (Å²) in [5, 5.41) is 0. The van der Waals surface area contributed by atoms with E-state index in [-0.39, 0.29) is 11.9 Å². The number of ether oxygens (including phenoxy) is 3. The van der Waals surface area contributed by atoms with Gasteiger partial charge in [0.2, 0.25) is 0 Å². The van der Waals surface area contributed by atoms with Crippen LogP contribution < -0.4 is 14.2 Å². The van der Waals surface area contributed by atoms with Gasteiger partial charge in [0.05, 0.1) is 27.4 Å². The molecule has 1 aliphatic heterocycles. The maximum Gasteiger partial charge on any atom is 0.261 e. The van der Waals surface area contributed by atoms with Crippen molar-refractivity contribution in [1.82, 2.24) is 4.90 Å². The Bertz CT molecular complexity index is 720.